The van der Waals surface area contributed by atoms with Crippen molar-refractivity contribution in [3.8, 4) is 11.3 Å². The number of H-pyrrole nitrogens is 1. The number of nitrogens with one attached hydrogen (secondary N) is 2. The van der Waals surface area contributed by atoms with Crippen molar-refractivity contribution in [1.82, 2.24) is 39.9 Å². The van der Waals surface area contributed by atoms with Crippen LogP contribution in [0.25, 0.3) is 33.3 Å². The van der Waals surface area contributed by atoms with Crippen LogP contribution < -0.4 is 11.1 Å². The lowest BCUT2D eigenvalue weighted by molar-refractivity contribution is 0.0430. The van der Waals surface area contributed by atoms with E-state index in [-0.39, 0.29) is 6.04 Å². The predicted molar refractivity (Wildman–Crippen MR) is 168 cm³/mol. The fourth-order valence-corrected chi connectivity index (χ4v) is 7.20. The number of nitrogens with two attached hydrogens (primary N) is 1. The number of aromatic nitrogens is 6. The van der Waals surface area contributed by atoms with Crippen LogP contribution in [0.3, 0.4) is 0 Å². The Morgan fingerprint density at radius 3 is 2.64 bits per heavy atom. The van der Waals surface area contributed by atoms with Gasteiger partial charge in [0.25, 0.3) is 0 Å². The number of nitrogen functional groups attached to an aromatic ring is 1. The van der Waals surface area contributed by atoms with E-state index >= 15 is 0 Å². The monoisotopic (exact) mass is 563 g/mol. The zero-order valence-electron chi connectivity index (χ0n) is 24.6. The molecule has 0 aliphatic carbocycles. The summed E-state index contributed by atoms with van der Waals surface area (Å²) < 4.78 is 2.16. The van der Waals surface area contributed by atoms with Gasteiger partial charge in [-0.05, 0) is 68.8 Å². The first-order chi connectivity index (χ1) is 20.5. The molecule has 2 aromatic carbocycles. The van der Waals surface area contributed by atoms with E-state index in [4.69, 9.17) is 20.8 Å². The molecule has 2 aliphatic heterocycles. The van der Waals surface area contributed by atoms with Gasteiger partial charge in [0, 0.05) is 30.6 Å². The maximum Gasteiger partial charge on any atom is 0.164 e. The van der Waals surface area contributed by atoms with Gasteiger partial charge in [0.2, 0.25) is 0 Å². The van der Waals surface area contributed by atoms with Gasteiger partial charge < -0.3 is 16.0 Å². The minimum atomic E-state index is 0.269. The van der Waals surface area contributed by atoms with Gasteiger partial charge in [0.05, 0.1) is 22.5 Å². The number of hydrogen-bond acceptors (Lipinski definition) is 7. The fraction of sp³-hybridized carbons (Fsp3) is 0.455. The van der Waals surface area contributed by atoms with Crippen LogP contribution in [0.5, 0.6) is 0 Å². The first kappa shape index (κ1) is 27.0. The highest BCUT2D eigenvalue weighted by Crippen LogP contribution is 2.38. The Kier molecular flexibility index (Phi) is 7.38. The minimum absolute atomic E-state index is 0.269. The third kappa shape index (κ3) is 5.27. The van der Waals surface area contributed by atoms with Crippen LogP contribution in [-0.2, 0) is 6.42 Å². The lowest BCUT2D eigenvalue weighted by Crippen LogP contribution is -2.52. The second-order valence-electron chi connectivity index (χ2n) is 12.5. The molecule has 0 bridgehead atoms. The summed E-state index contributed by atoms with van der Waals surface area (Å²) in [6.45, 7) is 8.02. The molecule has 2 aliphatic rings. The zero-order chi connectivity index (χ0) is 28.6. The molecule has 1 unspecified atom stereocenters. The number of rotatable bonds is 7. The molecular weight excluding hydrogens is 522 g/mol. The molecule has 3 aromatic heterocycles. The highest BCUT2D eigenvalue weighted by Gasteiger charge is 2.36. The van der Waals surface area contributed by atoms with E-state index in [1.807, 2.05) is 6.07 Å². The summed E-state index contributed by atoms with van der Waals surface area (Å²) in [7, 11) is 0. The molecule has 2 fully saturated rings. The van der Waals surface area contributed by atoms with E-state index in [1.165, 1.54) is 24.8 Å². The number of likely N-dealkylation sites (tertiary alicyclic amines) is 1. The first-order valence-electron chi connectivity index (χ1n) is 15.5. The van der Waals surface area contributed by atoms with E-state index in [2.05, 4.69) is 81.2 Å². The van der Waals surface area contributed by atoms with Crippen molar-refractivity contribution in [1.29, 1.82) is 0 Å². The highest BCUT2D eigenvalue weighted by molar-refractivity contribution is 5.99. The number of hydrogen-bond donors (Lipinski definition) is 3. The van der Waals surface area contributed by atoms with Crippen LogP contribution >= 0.6 is 0 Å². The normalized spacial score (nSPS) is 20.6. The van der Waals surface area contributed by atoms with Crippen molar-refractivity contribution >= 4 is 27.9 Å². The van der Waals surface area contributed by atoms with Crippen molar-refractivity contribution in [2.45, 2.75) is 70.5 Å². The zero-order valence-corrected chi connectivity index (χ0v) is 24.6. The molecule has 0 radical (unpaired) electrons. The molecule has 0 amide bonds. The summed E-state index contributed by atoms with van der Waals surface area (Å²) in [5.74, 6) is 2.07. The minimum Gasteiger partial charge on any atom is -0.383 e. The molecule has 9 heteroatoms. The predicted octanol–water partition coefficient (Wildman–Crippen LogP) is 5.35. The van der Waals surface area contributed by atoms with Crippen molar-refractivity contribution in [3.63, 3.8) is 0 Å². The van der Waals surface area contributed by atoms with Gasteiger partial charge in [0.1, 0.15) is 23.7 Å². The molecule has 7 rings (SSSR count). The summed E-state index contributed by atoms with van der Waals surface area (Å²) in [5.41, 5.74) is 12.3. The lowest BCUT2D eigenvalue weighted by Gasteiger charge is -2.46. The molecule has 218 valence electrons. The van der Waals surface area contributed by atoms with E-state index in [0.29, 0.717) is 23.8 Å². The number of anilines is 1. The third-order valence-corrected chi connectivity index (χ3v) is 9.14. The Morgan fingerprint density at radius 1 is 1.00 bits per heavy atom. The molecule has 2 saturated heterocycles. The van der Waals surface area contributed by atoms with Crippen LogP contribution in [0.15, 0.2) is 54.9 Å². The van der Waals surface area contributed by atoms with Crippen molar-refractivity contribution in [2.75, 3.05) is 25.4 Å². The SMILES string of the molecule is CC(C)C[C@@H]1CC(n2nc(-c3ccc4nc(Cc5ccccc5)[nH]c4c3)c3c(N)ncnc32)CCN1C1CCNCC1. The number of nitrogens with zero attached hydrogens (tertiary/aromatic N) is 6. The van der Waals surface area contributed by atoms with Crippen LogP contribution in [0, 0.1) is 5.92 Å². The third-order valence-electron chi connectivity index (χ3n) is 9.14. The Morgan fingerprint density at radius 2 is 1.83 bits per heavy atom. The molecule has 0 saturated carbocycles. The van der Waals surface area contributed by atoms with Crippen LogP contribution in [0.4, 0.5) is 5.82 Å². The number of imidazole rings is 1. The standard InChI is InChI=1S/C33H41N9/c1-21(2)16-26-19-25(12-15-41(26)24-10-13-35-14-11-24)42-33-30(32(34)36-20-37-33)31(40-42)23-8-9-27-28(18-23)39-29(38-27)17-22-6-4-3-5-7-22/h3-9,18,20-21,24-26,35H,10-17,19H2,1-2H3,(H,38,39)(H2,34,36,37)/t25?,26-/m1/s1. The lowest BCUT2D eigenvalue weighted by atomic mass is 9.88. The molecule has 42 heavy (non-hydrogen) atoms. The summed E-state index contributed by atoms with van der Waals surface area (Å²) in [4.78, 5) is 20.3. The fourth-order valence-electron chi connectivity index (χ4n) is 7.20. The smallest absolute Gasteiger partial charge is 0.164 e. The van der Waals surface area contributed by atoms with Gasteiger partial charge in [-0.1, -0.05) is 50.2 Å². The summed E-state index contributed by atoms with van der Waals surface area (Å²) >= 11 is 0. The summed E-state index contributed by atoms with van der Waals surface area (Å²) in [6.07, 6.45) is 8.14. The second-order valence-corrected chi connectivity index (χ2v) is 12.5. The maximum atomic E-state index is 6.51. The van der Waals surface area contributed by atoms with Crippen molar-refractivity contribution < 1.29 is 0 Å². The van der Waals surface area contributed by atoms with Gasteiger partial charge >= 0.3 is 0 Å². The summed E-state index contributed by atoms with van der Waals surface area (Å²) in [6, 6.07) is 18.2. The van der Waals surface area contributed by atoms with E-state index < -0.39 is 0 Å². The topological polar surface area (TPSA) is 114 Å². The van der Waals surface area contributed by atoms with Gasteiger partial charge in [-0.3, -0.25) is 4.90 Å². The number of fused-ring (bicyclic) bond motifs is 2. The van der Waals surface area contributed by atoms with E-state index in [1.54, 1.807) is 6.33 Å². The van der Waals surface area contributed by atoms with Gasteiger partial charge in [-0.2, -0.15) is 5.10 Å². The van der Waals surface area contributed by atoms with Gasteiger partial charge in [-0.15, -0.1) is 0 Å². The van der Waals surface area contributed by atoms with Crippen LogP contribution in [0.2, 0.25) is 0 Å². The Labute approximate surface area is 246 Å². The summed E-state index contributed by atoms with van der Waals surface area (Å²) in [5, 5.41) is 9.62. The van der Waals surface area contributed by atoms with Gasteiger partial charge in [0.15, 0.2) is 5.65 Å². The Bertz CT molecular complexity index is 1670. The largest absolute Gasteiger partial charge is 0.383 e. The molecule has 0 spiro atoms. The van der Waals surface area contributed by atoms with E-state index in [0.717, 1.165) is 78.0 Å². The maximum absolute atomic E-state index is 6.51. The molecule has 5 aromatic rings. The van der Waals surface area contributed by atoms with Crippen molar-refractivity contribution in [3.05, 3.63) is 66.2 Å². The Balaban J connectivity index is 1.22. The Hall–Kier alpha value is -3.82. The number of benzene rings is 2. The average molecular weight is 564 g/mol. The molecule has 5 heterocycles. The van der Waals surface area contributed by atoms with Crippen LogP contribution in [-0.4, -0.2) is 66.3 Å². The second kappa shape index (κ2) is 11.5. The molecule has 2 atom stereocenters. The number of piperidine rings is 2. The molecular formula is C33H41N9. The average Bonchev–Trinajstić information content (AvgIpc) is 3.59. The van der Waals surface area contributed by atoms with E-state index in [9.17, 15) is 0 Å². The highest BCUT2D eigenvalue weighted by atomic mass is 15.3. The van der Waals surface area contributed by atoms with Crippen molar-refractivity contribution in [2.24, 2.45) is 5.92 Å². The quantitative estimate of drug-likeness (QED) is 0.245. The molecule has 9 nitrogen and oxygen atoms in total. The molecule has 4 N–H and O–H groups in total. The van der Waals surface area contributed by atoms with Gasteiger partial charge in [-0.25, -0.2) is 19.6 Å². The number of aromatic amines is 1. The van der Waals surface area contributed by atoms with Crippen LogP contribution in [0.1, 0.15) is 63.4 Å². The first-order valence-corrected chi connectivity index (χ1v) is 15.5.